The standard InChI is InChI=1S/C18H19O4P.C7H15O2P/c19-23(11-5-10-20-12-14-13-21-14)18-9-4-2-7-16(18)15-6-1-3-8-17(15)22-23;1-3-9-10(2,8)6-7-4-5-7/h1-4,6-9,14H,5,10-13H2;7H,3-6H2,1-2H3. The molecule has 2 fully saturated rings. The fourth-order valence-corrected chi connectivity index (χ4v) is 8.27. The van der Waals surface area contributed by atoms with Crippen LogP contribution >= 0.6 is 14.7 Å². The zero-order chi connectivity index (χ0) is 23.3. The Hall–Kier alpha value is -1.42. The van der Waals surface area contributed by atoms with Gasteiger partial charge in [0.25, 0.3) is 7.37 Å². The van der Waals surface area contributed by atoms with Crippen LogP contribution < -0.4 is 9.83 Å². The molecule has 1 saturated heterocycles. The van der Waals surface area contributed by atoms with E-state index in [0.29, 0.717) is 44.1 Å². The molecular weight excluding hydrogens is 458 g/mol. The molecule has 3 atom stereocenters. The van der Waals surface area contributed by atoms with Crippen molar-refractivity contribution in [3.05, 3.63) is 48.5 Å². The number of benzene rings is 2. The maximum Gasteiger partial charge on any atom is 0.277 e. The lowest BCUT2D eigenvalue weighted by molar-refractivity contribution is 0.117. The highest BCUT2D eigenvalue weighted by Crippen LogP contribution is 2.54. The van der Waals surface area contributed by atoms with Crippen LogP contribution in [0.4, 0.5) is 0 Å². The van der Waals surface area contributed by atoms with Gasteiger partial charge in [0.2, 0.25) is 0 Å². The van der Waals surface area contributed by atoms with E-state index < -0.39 is 14.7 Å². The first-order chi connectivity index (χ1) is 15.9. The number of para-hydroxylation sites is 1. The second-order valence-electron chi connectivity index (χ2n) is 8.94. The molecular formula is C25H34O6P2. The summed E-state index contributed by atoms with van der Waals surface area (Å²) in [6.45, 7) is 6.23. The molecule has 2 aromatic carbocycles. The molecule has 0 N–H and O–H groups in total. The third kappa shape index (κ3) is 7.04. The normalized spacial score (nSPS) is 24.4. The van der Waals surface area contributed by atoms with E-state index >= 15 is 0 Å². The number of hydrogen-bond donors (Lipinski definition) is 0. The Morgan fingerprint density at radius 3 is 2.48 bits per heavy atom. The van der Waals surface area contributed by atoms with Gasteiger partial charge >= 0.3 is 0 Å². The Labute approximate surface area is 196 Å². The monoisotopic (exact) mass is 492 g/mol. The van der Waals surface area contributed by atoms with Gasteiger partial charge in [-0.2, -0.15) is 0 Å². The van der Waals surface area contributed by atoms with E-state index in [4.69, 9.17) is 18.5 Å². The molecule has 0 radical (unpaired) electrons. The third-order valence-electron chi connectivity index (χ3n) is 5.83. The molecule has 2 aliphatic heterocycles. The van der Waals surface area contributed by atoms with E-state index in [9.17, 15) is 9.13 Å². The number of fused-ring (bicyclic) bond motifs is 3. The predicted molar refractivity (Wildman–Crippen MR) is 133 cm³/mol. The molecule has 0 bridgehead atoms. The van der Waals surface area contributed by atoms with Gasteiger partial charge in [-0.15, -0.1) is 0 Å². The van der Waals surface area contributed by atoms with Gasteiger partial charge in [-0.3, -0.25) is 9.13 Å². The summed E-state index contributed by atoms with van der Waals surface area (Å²) >= 11 is 0. The summed E-state index contributed by atoms with van der Waals surface area (Å²) in [5.74, 6) is 1.42. The van der Waals surface area contributed by atoms with Crippen molar-refractivity contribution >= 4 is 20.0 Å². The average molecular weight is 492 g/mol. The van der Waals surface area contributed by atoms with Gasteiger partial charge < -0.3 is 18.5 Å². The first-order valence-electron chi connectivity index (χ1n) is 11.8. The summed E-state index contributed by atoms with van der Waals surface area (Å²) in [6, 6.07) is 15.6. The first-order valence-corrected chi connectivity index (χ1v) is 15.8. The Morgan fingerprint density at radius 1 is 1.09 bits per heavy atom. The molecule has 3 aliphatic rings. The molecule has 3 unspecified atom stereocenters. The Kier molecular flexibility index (Phi) is 8.15. The fraction of sp³-hybridized carbons (Fsp3) is 0.520. The topological polar surface area (TPSA) is 74.4 Å². The number of hydrogen-bond acceptors (Lipinski definition) is 6. The van der Waals surface area contributed by atoms with E-state index in [1.54, 1.807) is 6.66 Å². The zero-order valence-corrected chi connectivity index (χ0v) is 21.3. The third-order valence-corrected chi connectivity index (χ3v) is 10.3. The van der Waals surface area contributed by atoms with Gasteiger partial charge in [0.1, 0.15) is 11.9 Å². The van der Waals surface area contributed by atoms with Crippen LogP contribution in [-0.2, 0) is 23.1 Å². The highest BCUT2D eigenvalue weighted by Gasteiger charge is 2.35. The SMILES string of the molecule is CCOP(C)(=O)CC1CC1.O=P1(CCCOCC2CO2)Oc2ccccc2-c2ccccc21. The van der Waals surface area contributed by atoms with Gasteiger partial charge in [0, 0.05) is 31.2 Å². The van der Waals surface area contributed by atoms with E-state index in [0.717, 1.165) is 29.2 Å². The van der Waals surface area contributed by atoms with Crippen molar-refractivity contribution < 1.29 is 27.7 Å². The summed E-state index contributed by atoms with van der Waals surface area (Å²) in [7, 11) is -5.08. The number of rotatable bonds is 10. The largest absolute Gasteiger partial charge is 0.439 e. The summed E-state index contributed by atoms with van der Waals surface area (Å²) in [6.07, 6.45) is 4.78. The highest BCUT2D eigenvalue weighted by molar-refractivity contribution is 7.67. The van der Waals surface area contributed by atoms with Crippen LogP contribution in [0.1, 0.15) is 26.2 Å². The van der Waals surface area contributed by atoms with Gasteiger partial charge in [-0.1, -0.05) is 36.4 Å². The maximum absolute atomic E-state index is 13.4. The predicted octanol–water partition coefficient (Wildman–Crippen LogP) is 5.80. The maximum atomic E-state index is 13.4. The zero-order valence-electron chi connectivity index (χ0n) is 19.5. The quantitative estimate of drug-likeness (QED) is 0.237. The van der Waals surface area contributed by atoms with E-state index in [1.165, 1.54) is 12.8 Å². The van der Waals surface area contributed by atoms with Gasteiger partial charge in [0.05, 0.1) is 25.1 Å². The molecule has 6 nitrogen and oxygen atoms in total. The highest BCUT2D eigenvalue weighted by atomic mass is 31.2. The summed E-state index contributed by atoms with van der Waals surface area (Å²) in [5.41, 5.74) is 2.03. The van der Waals surface area contributed by atoms with E-state index in [1.807, 2.05) is 55.5 Å². The van der Waals surface area contributed by atoms with Crippen molar-refractivity contribution in [2.75, 3.05) is 45.4 Å². The average Bonchev–Trinajstić information content (AvgIpc) is 3.71. The minimum Gasteiger partial charge on any atom is -0.439 e. The number of ether oxygens (including phenoxy) is 2. The van der Waals surface area contributed by atoms with Crippen molar-refractivity contribution in [1.82, 2.24) is 0 Å². The van der Waals surface area contributed by atoms with Gasteiger partial charge in [-0.25, -0.2) is 0 Å². The van der Waals surface area contributed by atoms with Crippen LogP contribution in [0, 0.1) is 5.92 Å². The minimum atomic E-state index is -2.90. The Bertz CT molecular complexity index is 1030. The lowest BCUT2D eigenvalue weighted by Crippen LogP contribution is -2.20. The van der Waals surface area contributed by atoms with Crippen molar-refractivity contribution in [3.63, 3.8) is 0 Å². The van der Waals surface area contributed by atoms with Gasteiger partial charge in [-0.05, 0) is 49.8 Å². The lowest BCUT2D eigenvalue weighted by Gasteiger charge is -2.28. The molecule has 0 aromatic heterocycles. The van der Waals surface area contributed by atoms with Crippen LogP contribution in [0.5, 0.6) is 5.75 Å². The molecule has 0 spiro atoms. The first kappa shape index (κ1) is 24.7. The molecule has 0 amide bonds. The van der Waals surface area contributed by atoms with Crippen molar-refractivity contribution in [1.29, 1.82) is 0 Å². The summed E-state index contributed by atoms with van der Waals surface area (Å²) in [5, 5.41) is 0.823. The van der Waals surface area contributed by atoms with Gasteiger partial charge in [0.15, 0.2) is 7.37 Å². The van der Waals surface area contributed by atoms with Crippen LogP contribution in [-0.4, -0.2) is 51.5 Å². The van der Waals surface area contributed by atoms with Crippen LogP contribution in [0.2, 0.25) is 0 Å². The molecule has 180 valence electrons. The summed E-state index contributed by atoms with van der Waals surface area (Å²) in [4.78, 5) is 0. The Balaban J connectivity index is 0.000000219. The smallest absolute Gasteiger partial charge is 0.277 e. The van der Waals surface area contributed by atoms with Crippen molar-refractivity contribution in [2.45, 2.75) is 32.3 Å². The number of epoxide rings is 1. The van der Waals surface area contributed by atoms with Crippen molar-refractivity contribution in [3.8, 4) is 16.9 Å². The molecule has 33 heavy (non-hydrogen) atoms. The molecule has 2 heterocycles. The lowest BCUT2D eigenvalue weighted by atomic mass is 10.0. The molecule has 2 aromatic rings. The fourth-order valence-electron chi connectivity index (χ4n) is 3.99. The molecule has 1 saturated carbocycles. The second-order valence-corrected chi connectivity index (χ2v) is 14.1. The van der Waals surface area contributed by atoms with Crippen LogP contribution in [0.15, 0.2) is 48.5 Å². The molecule has 1 aliphatic carbocycles. The van der Waals surface area contributed by atoms with Crippen LogP contribution in [0.3, 0.4) is 0 Å². The van der Waals surface area contributed by atoms with E-state index in [2.05, 4.69) is 0 Å². The van der Waals surface area contributed by atoms with Crippen LogP contribution in [0.25, 0.3) is 11.1 Å². The minimum absolute atomic E-state index is 0.268. The molecule has 5 rings (SSSR count). The summed E-state index contributed by atoms with van der Waals surface area (Å²) < 4.78 is 46.6. The second kappa shape index (κ2) is 10.9. The van der Waals surface area contributed by atoms with E-state index in [-0.39, 0.29) is 6.10 Å². The van der Waals surface area contributed by atoms with Crippen molar-refractivity contribution in [2.24, 2.45) is 5.92 Å². The Morgan fingerprint density at radius 2 is 1.79 bits per heavy atom. The molecule has 8 heteroatoms.